The van der Waals surface area contributed by atoms with Crippen molar-refractivity contribution < 1.29 is 19.1 Å². The molecule has 0 aliphatic heterocycles. The molecule has 164 valence electrons. The van der Waals surface area contributed by atoms with Gasteiger partial charge < -0.3 is 9.47 Å². The van der Waals surface area contributed by atoms with E-state index in [0.29, 0.717) is 35.6 Å². The van der Waals surface area contributed by atoms with E-state index in [1.165, 1.54) is 14.2 Å². The van der Waals surface area contributed by atoms with Crippen molar-refractivity contribution in [2.75, 3.05) is 41.4 Å². The van der Waals surface area contributed by atoms with Crippen LogP contribution >= 0.6 is 0 Å². The van der Waals surface area contributed by atoms with Crippen LogP contribution in [0.2, 0.25) is 0 Å². The molecular weight excluding hydrogens is 400 g/mol. The molecule has 2 rings (SSSR count). The van der Waals surface area contributed by atoms with E-state index in [-0.39, 0.29) is 11.9 Å². The van der Waals surface area contributed by atoms with Crippen LogP contribution in [0.3, 0.4) is 0 Å². The molecule has 0 unspecified atom stereocenters. The third kappa shape index (κ3) is 7.84. The summed E-state index contributed by atoms with van der Waals surface area (Å²) in [4.78, 5) is 22.8. The molecule has 2 aromatic carbocycles. The van der Waals surface area contributed by atoms with Crippen molar-refractivity contribution in [3.63, 3.8) is 0 Å². The summed E-state index contributed by atoms with van der Waals surface area (Å²) in [7, 11) is 6.34. The van der Waals surface area contributed by atoms with Gasteiger partial charge in [-0.1, -0.05) is 10.4 Å². The molecular formula is C21H26N6O4. The predicted molar refractivity (Wildman–Crippen MR) is 114 cm³/mol. The maximum atomic E-state index is 11.4. The summed E-state index contributed by atoms with van der Waals surface area (Å²) in [5.41, 5.74) is 2.21. The standard InChI is InChI=1S/C21H26N6O4/c1-26(24-22-18-10-6-16(7-11-18)20(28)30-3)14-5-15-27(2)25-23-19-12-8-17(9-13-19)21(29)31-4/h6-13H,5,14-15H2,1-4H3. The van der Waals surface area contributed by atoms with Crippen molar-refractivity contribution in [1.29, 1.82) is 0 Å². The van der Waals surface area contributed by atoms with Crippen LogP contribution in [0.1, 0.15) is 27.1 Å². The second-order valence-electron chi connectivity index (χ2n) is 6.57. The molecule has 10 nitrogen and oxygen atoms in total. The average Bonchev–Trinajstić information content (AvgIpc) is 2.81. The van der Waals surface area contributed by atoms with E-state index in [4.69, 9.17) is 0 Å². The first kappa shape index (κ1) is 23.5. The number of hydrogen-bond donors (Lipinski definition) is 0. The van der Waals surface area contributed by atoms with E-state index in [0.717, 1.165) is 6.42 Å². The lowest BCUT2D eigenvalue weighted by Crippen LogP contribution is -2.19. The quantitative estimate of drug-likeness (QED) is 0.320. The van der Waals surface area contributed by atoms with Gasteiger partial charge in [0.2, 0.25) is 0 Å². The van der Waals surface area contributed by atoms with Crippen LogP contribution < -0.4 is 0 Å². The van der Waals surface area contributed by atoms with Gasteiger partial charge in [-0.15, -0.1) is 10.2 Å². The first-order chi connectivity index (χ1) is 14.9. The average molecular weight is 426 g/mol. The zero-order valence-electron chi connectivity index (χ0n) is 18.1. The Hall–Kier alpha value is -3.82. The molecule has 0 fully saturated rings. The van der Waals surface area contributed by atoms with E-state index in [1.807, 2.05) is 14.1 Å². The van der Waals surface area contributed by atoms with Crippen LogP contribution in [-0.4, -0.2) is 63.4 Å². The normalized spacial score (nSPS) is 11.0. The molecule has 0 heterocycles. The maximum Gasteiger partial charge on any atom is 0.337 e. The second-order valence-corrected chi connectivity index (χ2v) is 6.57. The second kappa shape index (κ2) is 12.0. The Labute approximate surface area is 181 Å². The summed E-state index contributed by atoms with van der Waals surface area (Å²) < 4.78 is 9.32. The molecule has 0 bridgehead atoms. The number of nitrogens with zero attached hydrogens (tertiary/aromatic N) is 6. The van der Waals surface area contributed by atoms with Crippen molar-refractivity contribution in [2.45, 2.75) is 6.42 Å². The lowest BCUT2D eigenvalue weighted by Gasteiger charge is -2.14. The van der Waals surface area contributed by atoms with Crippen LogP contribution in [0, 0.1) is 0 Å². The molecule has 0 saturated heterocycles. The first-order valence-corrected chi connectivity index (χ1v) is 9.55. The minimum absolute atomic E-state index is 0.389. The topological polar surface area (TPSA) is 109 Å². The molecule has 0 N–H and O–H groups in total. The number of rotatable bonds is 10. The Kier molecular flexibility index (Phi) is 9.09. The van der Waals surface area contributed by atoms with Gasteiger partial charge in [-0.3, -0.25) is 10.0 Å². The van der Waals surface area contributed by atoms with Gasteiger partial charge in [0.25, 0.3) is 0 Å². The van der Waals surface area contributed by atoms with E-state index in [1.54, 1.807) is 58.5 Å². The van der Waals surface area contributed by atoms with Crippen LogP contribution in [0.5, 0.6) is 0 Å². The van der Waals surface area contributed by atoms with Crippen molar-refractivity contribution in [3.05, 3.63) is 59.7 Å². The number of carbonyl (C=O) groups is 2. The fourth-order valence-electron chi connectivity index (χ4n) is 2.44. The Morgan fingerprint density at radius 3 is 1.39 bits per heavy atom. The maximum absolute atomic E-state index is 11.4. The van der Waals surface area contributed by atoms with Crippen LogP contribution in [-0.2, 0) is 9.47 Å². The highest BCUT2D eigenvalue weighted by atomic mass is 16.5. The lowest BCUT2D eigenvalue weighted by molar-refractivity contribution is 0.0592. The number of methoxy groups -OCH3 is 2. The fourth-order valence-corrected chi connectivity index (χ4v) is 2.44. The lowest BCUT2D eigenvalue weighted by atomic mass is 10.2. The molecule has 0 spiro atoms. The third-order valence-electron chi connectivity index (χ3n) is 4.17. The Morgan fingerprint density at radius 1 is 0.710 bits per heavy atom. The minimum atomic E-state index is -0.389. The minimum Gasteiger partial charge on any atom is -0.465 e. The van der Waals surface area contributed by atoms with E-state index < -0.39 is 0 Å². The highest BCUT2D eigenvalue weighted by Gasteiger charge is 2.05. The summed E-state index contributed by atoms with van der Waals surface area (Å²) >= 11 is 0. The monoisotopic (exact) mass is 426 g/mol. The number of ether oxygens (including phenoxy) is 2. The van der Waals surface area contributed by atoms with Gasteiger partial charge in [-0.2, -0.15) is 0 Å². The van der Waals surface area contributed by atoms with Gasteiger partial charge in [0.15, 0.2) is 0 Å². The van der Waals surface area contributed by atoms with Crippen LogP contribution in [0.15, 0.2) is 69.2 Å². The highest BCUT2D eigenvalue weighted by molar-refractivity contribution is 5.90. The Morgan fingerprint density at radius 2 is 1.06 bits per heavy atom. The summed E-state index contributed by atoms with van der Waals surface area (Å²) in [5.74, 6) is -0.778. The molecule has 31 heavy (non-hydrogen) atoms. The van der Waals surface area contributed by atoms with Crippen molar-refractivity contribution in [2.24, 2.45) is 20.7 Å². The van der Waals surface area contributed by atoms with Gasteiger partial charge in [-0.05, 0) is 55.0 Å². The van der Waals surface area contributed by atoms with Crippen molar-refractivity contribution >= 4 is 23.3 Å². The highest BCUT2D eigenvalue weighted by Crippen LogP contribution is 2.15. The number of carbonyl (C=O) groups excluding carboxylic acids is 2. The van der Waals surface area contributed by atoms with Gasteiger partial charge in [0.1, 0.15) is 0 Å². The van der Waals surface area contributed by atoms with Crippen LogP contribution in [0.25, 0.3) is 0 Å². The molecule has 0 aliphatic carbocycles. The van der Waals surface area contributed by atoms with E-state index >= 15 is 0 Å². The molecule has 10 heteroatoms. The number of hydrogen-bond acceptors (Lipinski definition) is 8. The molecule has 0 atom stereocenters. The van der Waals surface area contributed by atoms with Crippen molar-refractivity contribution in [1.82, 2.24) is 10.0 Å². The zero-order chi connectivity index (χ0) is 22.6. The predicted octanol–water partition coefficient (Wildman–Crippen LogP) is 4.21. The third-order valence-corrected chi connectivity index (χ3v) is 4.17. The largest absolute Gasteiger partial charge is 0.465 e. The van der Waals surface area contributed by atoms with Crippen LogP contribution in [0.4, 0.5) is 11.4 Å². The first-order valence-electron chi connectivity index (χ1n) is 9.55. The van der Waals surface area contributed by atoms with Gasteiger partial charge in [0, 0.05) is 27.2 Å². The van der Waals surface area contributed by atoms with E-state index in [2.05, 4.69) is 30.1 Å². The smallest absolute Gasteiger partial charge is 0.337 e. The summed E-state index contributed by atoms with van der Waals surface area (Å²) in [6.45, 7) is 1.36. The number of benzene rings is 2. The molecule has 0 radical (unpaired) electrons. The molecule has 0 amide bonds. The molecule has 2 aromatic rings. The van der Waals surface area contributed by atoms with E-state index in [9.17, 15) is 9.59 Å². The molecule has 0 saturated carbocycles. The summed E-state index contributed by atoms with van der Waals surface area (Å²) in [5, 5.41) is 20.0. The zero-order valence-corrected chi connectivity index (χ0v) is 18.1. The molecule has 0 aromatic heterocycles. The Balaban J connectivity index is 1.74. The summed E-state index contributed by atoms with van der Waals surface area (Å²) in [6, 6.07) is 13.4. The summed E-state index contributed by atoms with van der Waals surface area (Å²) in [6.07, 6.45) is 0.799. The van der Waals surface area contributed by atoms with Gasteiger partial charge in [0.05, 0.1) is 36.7 Å². The number of esters is 2. The fraction of sp³-hybridized carbons (Fsp3) is 0.333. The van der Waals surface area contributed by atoms with Crippen molar-refractivity contribution in [3.8, 4) is 0 Å². The van der Waals surface area contributed by atoms with Gasteiger partial charge in [-0.25, -0.2) is 9.59 Å². The SMILES string of the molecule is COC(=O)c1ccc(N=NN(C)CCCN(C)N=Nc2ccc(C(=O)OC)cc2)cc1. The molecule has 0 aliphatic rings. The Bertz CT molecular complexity index is 837. The van der Waals surface area contributed by atoms with Gasteiger partial charge >= 0.3 is 11.9 Å².